The number of piperidine rings is 1. The van der Waals surface area contributed by atoms with Crippen LogP contribution in [-0.4, -0.2) is 73.0 Å². The zero-order valence-corrected chi connectivity index (χ0v) is 15.4. The van der Waals surface area contributed by atoms with Crippen molar-refractivity contribution in [3.8, 4) is 5.75 Å². The molecule has 0 saturated carbocycles. The van der Waals surface area contributed by atoms with Crippen LogP contribution in [0.25, 0.3) is 0 Å². The molecule has 3 aliphatic heterocycles. The molecular weight excluding hydrogens is 342 g/mol. The minimum atomic E-state index is -0.0335. The molecule has 0 radical (unpaired) electrons. The van der Waals surface area contributed by atoms with Gasteiger partial charge >= 0.3 is 6.03 Å². The average Bonchev–Trinajstić information content (AvgIpc) is 2.90. The van der Waals surface area contributed by atoms with Crippen LogP contribution in [0.4, 0.5) is 4.79 Å². The van der Waals surface area contributed by atoms with E-state index in [-0.39, 0.29) is 24.6 Å². The maximum absolute atomic E-state index is 12.7. The van der Waals surface area contributed by atoms with Gasteiger partial charge in [0.15, 0.2) is 6.61 Å². The first kappa shape index (κ1) is 17.9. The summed E-state index contributed by atoms with van der Waals surface area (Å²) in [6.45, 7) is 1.99. The molecule has 2 bridgehead atoms. The van der Waals surface area contributed by atoms with E-state index in [0.29, 0.717) is 36.3 Å². The Morgan fingerprint density at radius 2 is 2.04 bits per heavy atom. The lowest BCUT2D eigenvalue weighted by Crippen LogP contribution is -2.49. The molecule has 3 heterocycles. The van der Waals surface area contributed by atoms with Crippen molar-refractivity contribution in [2.24, 2.45) is 5.92 Å². The van der Waals surface area contributed by atoms with Crippen molar-refractivity contribution in [2.45, 2.75) is 18.9 Å². The Morgan fingerprint density at radius 1 is 1.24 bits per heavy atom. The van der Waals surface area contributed by atoms with Gasteiger partial charge in [-0.05, 0) is 37.0 Å². The largest absolute Gasteiger partial charge is 0.484 e. The molecule has 3 aliphatic rings. The molecule has 0 N–H and O–H groups in total. The van der Waals surface area contributed by atoms with E-state index < -0.39 is 0 Å². The lowest BCUT2D eigenvalue weighted by Gasteiger charge is -2.36. The Labute approximate surface area is 153 Å². The third kappa shape index (κ3) is 4.18. The van der Waals surface area contributed by atoms with Gasteiger partial charge in [0.05, 0.1) is 0 Å². The Kier molecular flexibility index (Phi) is 5.37. The van der Waals surface area contributed by atoms with E-state index in [4.69, 9.17) is 16.3 Å². The molecule has 0 aliphatic carbocycles. The van der Waals surface area contributed by atoms with Crippen LogP contribution in [0.1, 0.15) is 12.8 Å². The van der Waals surface area contributed by atoms with Gasteiger partial charge in [-0.1, -0.05) is 17.7 Å². The van der Waals surface area contributed by atoms with Crippen LogP contribution in [0, 0.1) is 5.92 Å². The molecule has 4 rings (SSSR count). The third-order valence-electron chi connectivity index (χ3n) is 4.85. The molecule has 7 heteroatoms. The Hall–Kier alpha value is -1.95. The highest BCUT2D eigenvalue weighted by Crippen LogP contribution is 2.28. The molecule has 2 atom stereocenters. The monoisotopic (exact) mass is 365 g/mol. The van der Waals surface area contributed by atoms with Gasteiger partial charge in [0.1, 0.15) is 5.75 Å². The van der Waals surface area contributed by atoms with Gasteiger partial charge in [-0.2, -0.15) is 0 Å². The number of halogens is 1. The normalized spacial score (nSPS) is 22.5. The number of carbonyl (C=O) groups excluding carboxylic acids is 2. The first-order chi connectivity index (χ1) is 11.9. The summed E-state index contributed by atoms with van der Waals surface area (Å²) in [4.78, 5) is 30.3. The zero-order valence-electron chi connectivity index (χ0n) is 14.7. The van der Waals surface area contributed by atoms with Gasteiger partial charge < -0.3 is 19.4 Å². The van der Waals surface area contributed by atoms with Crippen molar-refractivity contribution in [1.29, 1.82) is 0 Å². The number of hydrogen-bond donors (Lipinski definition) is 0. The second-order valence-electron chi connectivity index (χ2n) is 6.97. The van der Waals surface area contributed by atoms with Gasteiger partial charge in [0, 0.05) is 44.8 Å². The van der Waals surface area contributed by atoms with Crippen LogP contribution < -0.4 is 4.74 Å². The first-order valence-electron chi connectivity index (χ1n) is 8.58. The fraction of sp³-hybridized carbons (Fsp3) is 0.556. The maximum Gasteiger partial charge on any atom is 0.319 e. The molecule has 0 unspecified atom stereocenters. The van der Waals surface area contributed by atoms with Gasteiger partial charge in [0.2, 0.25) is 0 Å². The summed E-state index contributed by atoms with van der Waals surface area (Å²) < 4.78 is 5.60. The Morgan fingerprint density at radius 3 is 2.76 bits per heavy atom. The van der Waals surface area contributed by atoms with Gasteiger partial charge in [-0.25, -0.2) is 4.79 Å². The molecule has 3 fully saturated rings. The predicted octanol–water partition coefficient (Wildman–Crippen LogP) is 2.32. The summed E-state index contributed by atoms with van der Waals surface area (Å²) in [6.07, 6.45) is 1.99. The van der Waals surface area contributed by atoms with Crippen molar-refractivity contribution >= 4 is 23.5 Å². The SMILES string of the molecule is CN(C)C(=O)N1C[C@@H]2CC[C@H](C1)N(C(=O)COc1cccc(Cl)c1)C2. The third-order valence-corrected chi connectivity index (χ3v) is 5.08. The second kappa shape index (κ2) is 7.52. The number of rotatable bonds is 3. The lowest BCUT2D eigenvalue weighted by atomic mass is 9.95. The summed E-state index contributed by atoms with van der Waals surface area (Å²) in [6, 6.07) is 7.12. The van der Waals surface area contributed by atoms with Gasteiger partial charge in [0.25, 0.3) is 5.91 Å². The second-order valence-corrected chi connectivity index (χ2v) is 7.41. The van der Waals surface area contributed by atoms with Crippen LogP contribution in [0.3, 0.4) is 0 Å². The van der Waals surface area contributed by atoms with E-state index in [1.807, 2.05) is 9.80 Å². The summed E-state index contributed by atoms with van der Waals surface area (Å²) >= 11 is 5.94. The van der Waals surface area contributed by atoms with Crippen LogP contribution in [0.15, 0.2) is 24.3 Å². The number of ether oxygens (including phenoxy) is 1. The lowest BCUT2D eigenvalue weighted by molar-refractivity contribution is -0.137. The summed E-state index contributed by atoms with van der Waals surface area (Å²) in [5.41, 5.74) is 0. The standard InChI is InChI=1S/C18H24ClN3O3/c1-20(2)18(24)21-9-13-6-7-15(11-21)22(10-13)17(23)12-25-16-5-3-4-14(19)8-16/h3-5,8,13,15H,6-7,9-12H2,1-2H3/t13-,15+/m0/s1. The highest BCUT2D eigenvalue weighted by molar-refractivity contribution is 6.30. The van der Waals surface area contributed by atoms with Crippen molar-refractivity contribution in [3.05, 3.63) is 29.3 Å². The minimum Gasteiger partial charge on any atom is -0.484 e. The Bertz CT molecular complexity index is 652. The topological polar surface area (TPSA) is 53.1 Å². The highest BCUT2D eigenvalue weighted by atomic mass is 35.5. The van der Waals surface area contributed by atoms with E-state index in [1.54, 1.807) is 43.3 Å². The molecule has 3 amide bonds. The quantitative estimate of drug-likeness (QED) is 0.826. The predicted molar refractivity (Wildman–Crippen MR) is 95.8 cm³/mol. The average molecular weight is 366 g/mol. The van der Waals surface area contributed by atoms with Crippen LogP contribution in [-0.2, 0) is 4.79 Å². The fourth-order valence-corrected chi connectivity index (χ4v) is 3.79. The molecule has 0 aromatic heterocycles. The summed E-state index contributed by atoms with van der Waals surface area (Å²) in [7, 11) is 3.52. The van der Waals surface area contributed by atoms with Gasteiger partial charge in [-0.15, -0.1) is 0 Å². The van der Waals surface area contributed by atoms with E-state index in [9.17, 15) is 9.59 Å². The number of benzene rings is 1. The number of nitrogens with zero attached hydrogens (tertiary/aromatic N) is 3. The number of hydrogen-bond acceptors (Lipinski definition) is 3. The van der Waals surface area contributed by atoms with E-state index >= 15 is 0 Å². The van der Waals surface area contributed by atoms with E-state index in [1.165, 1.54) is 0 Å². The van der Waals surface area contributed by atoms with Gasteiger partial charge in [-0.3, -0.25) is 4.79 Å². The Balaban J connectivity index is 1.63. The molecule has 1 aromatic rings. The number of urea groups is 1. The summed E-state index contributed by atoms with van der Waals surface area (Å²) in [5.74, 6) is 0.886. The maximum atomic E-state index is 12.7. The number of amides is 3. The number of carbonyl (C=O) groups is 2. The first-order valence-corrected chi connectivity index (χ1v) is 8.96. The minimum absolute atomic E-state index is 0.00874. The van der Waals surface area contributed by atoms with Crippen LogP contribution in [0.2, 0.25) is 5.02 Å². The molecule has 6 nitrogen and oxygen atoms in total. The van der Waals surface area contributed by atoms with Crippen LogP contribution >= 0.6 is 11.6 Å². The molecular formula is C18H24ClN3O3. The molecule has 3 saturated heterocycles. The number of fused-ring (bicyclic) bond motifs is 4. The van der Waals surface area contributed by atoms with E-state index in [0.717, 1.165) is 12.8 Å². The zero-order chi connectivity index (χ0) is 18.0. The van der Waals surface area contributed by atoms with Crippen molar-refractivity contribution in [2.75, 3.05) is 40.3 Å². The molecule has 136 valence electrons. The van der Waals surface area contributed by atoms with Crippen molar-refractivity contribution in [1.82, 2.24) is 14.7 Å². The molecule has 0 spiro atoms. The summed E-state index contributed by atoms with van der Waals surface area (Å²) in [5, 5.41) is 0.580. The van der Waals surface area contributed by atoms with Crippen molar-refractivity contribution < 1.29 is 14.3 Å². The fourth-order valence-electron chi connectivity index (χ4n) is 3.61. The van der Waals surface area contributed by atoms with Crippen LogP contribution in [0.5, 0.6) is 5.75 Å². The van der Waals surface area contributed by atoms with E-state index in [2.05, 4.69) is 0 Å². The molecule has 25 heavy (non-hydrogen) atoms. The smallest absolute Gasteiger partial charge is 0.319 e. The highest BCUT2D eigenvalue weighted by Gasteiger charge is 2.38. The molecule has 1 aromatic carbocycles. The van der Waals surface area contributed by atoms with Crippen molar-refractivity contribution in [3.63, 3.8) is 0 Å².